The van der Waals surface area contributed by atoms with Crippen LogP contribution < -0.4 is 5.73 Å². The molecule has 2 N–H and O–H groups in total. The molecule has 1 aliphatic carbocycles. The lowest BCUT2D eigenvalue weighted by Crippen LogP contribution is -2.60. The van der Waals surface area contributed by atoms with Gasteiger partial charge in [0.05, 0.1) is 0 Å². The number of likely N-dealkylation sites (N-methyl/N-ethyl adjacent to an activating group) is 1. The van der Waals surface area contributed by atoms with E-state index in [1.165, 1.54) is 51.6 Å². The summed E-state index contributed by atoms with van der Waals surface area (Å²) in [6.45, 7) is 3.42. The van der Waals surface area contributed by atoms with E-state index in [-0.39, 0.29) is 0 Å². The zero-order valence-electron chi connectivity index (χ0n) is 10.5. The first-order valence-corrected chi connectivity index (χ1v) is 6.92. The molecule has 2 saturated heterocycles. The smallest absolute Gasteiger partial charge is 0.0332 e. The zero-order chi connectivity index (χ0) is 11.2. The molecule has 16 heavy (non-hydrogen) atoms. The van der Waals surface area contributed by atoms with E-state index in [0.717, 1.165) is 18.6 Å². The van der Waals surface area contributed by atoms with Gasteiger partial charge in [-0.1, -0.05) is 0 Å². The van der Waals surface area contributed by atoms with E-state index < -0.39 is 0 Å². The molecule has 3 heteroatoms. The third kappa shape index (κ3) is 1.52. The monoisotopic (exact) mass is 223 g/mol. The number of nitrogens with zero attached hydrogens (tertiary/aromatic N) is 2. The van der Waals surface area contributed by atoms with Crippen LogP contribution >= 0.6 is 0 Å². The van der Waals surface area contributed by atoms with Gasteiger partial charge in [0.25, 0.3) is 0 Å². The number of nitrogens with two attached hydrogens (primary N) is 1. The van der Waals surface area contributed by atoms with Crippen molar-refractivity contribution in [3.8, 4) is 0 Å². The molecule has 3 fully saturated rings. The van der Waals surface area contributed by atoms with Crippen molar-refractivity contribution in [1.82, 2.24) is 9.80 Å². The fourth-order valence-electron chi connectivity index (χ4n) is 3.97. The first-order chi connectivity index (χ1) is 7.75. The maximum Gasteiger partial charge on any atom is 0.0332 e. The van der Waals surface area contributed by atoms with Crippen LogP contribution in [0.4, 0.5) is 0 Å². The van der Waals surface area contributed by atoms with Crippen LogP contribution in [0.3, 0.4) is 0 Å². The Labute approximate surface area is 99.0 Å². The van der Waals surface area contributed by atoms with Crippen molar-refractivity contribution < 1.29 is 0 Å². The first kappa shape index (κ1) is 11.0. The van der Waals surface area contributed by atoms with Crippen LogP contribution in [0.5, 0.6) is 0 Å². The quantitative estimate of drug-likeness (QED) is 0.759. The second kappa shape index (κ2) is 3.97. The Hall–Kier alpha value is -0.120. The van der Waals surface area contributed by atoms with E-state index >= 15 is 0 Å². The molecule has 1 saturated carbocycles. The largest absolute Gasteiger partial charge is 0.329 e. The minimum Gasteiger partial charge on any atom is -0.329 e. The summed E-state index contributed by atoms with van der Waals surface area (Å²) >= 11 is 0. The van der Waals surface area contributed by atoms with Crippen LogP contribution in [-0.2, 0) is 0 Å². The van der Waals surface area contributed by atoms with Gasteiger partial charge >= 0.3 is 0 Å². The van der Waals surface area contributed by atoms with Gasteiger partial charge in [0.15, 0.2) is 0 Å². The van der Waals surface area contributed by atoms with E-state index in [1.54, 1.807) is 0 Å². The van der Waals surface area contributed by atoms with Crippen molar-refractivity contribution in [2.45, 2.75) is 56.1 Å². The average molecular weight is 223 g/mol. The Bertz CT molecular complexity index is 256. The molecule has 2 bridgehead atoms. The van der Waals surface area contributed by atoms with Gasteiger partial charge in [-0.2, -0.15) is 0 Å². The second-order valence-corrected chi connectivity index (χ2v) is 6.07. The maximum atomic E-state index is 6.03. The lowest BCUT2D eigenvalue weighted by atomic mass is 9.75. The number of fused-ring (bicyclic) bond motifs is 2. The van der Waals surface area contributed by atoms with Crippen molar-refractivity contribution >= 4 is 0 Å². The van der Waals surface area contributed by atoms with Crippen LogP contribution in [0, 0.1) is 0 Å². The molecule has 92 valence electrons. The topological polar surface area (TPSA) is 32.5 Å². The molecule has 3 nitrogen and oxygen atoms in total. The number of likely N-dealkylation sites (tertiary alicyclic amines) is 1. The lowest BCUT2D eigenvalue weighted by molar-refractivity contribution is 0.0171. The minimum atomic E-state index is 0.394. The van der Waals surface area contributed by atoms with Crippen molar-refractivity contribution in [2.75, 3.05) is 26.7 Å². The number of rotatable bonds is 2. The maximum absolute atomic E-state index is 6.03. The normalized spacial score (nSPS) is 39.4. The summed E-state index contributed by atoms with van der Waals surface area (Å²) in [4.78, 5) is 5.36. The molecule has 2 aliphatic heterocycles. The molecular weight excluding hydrogens is 198 g/mol. The Balaban J connectivity index is 1.73. The van der Waals surface area contributed by atoms with Gasteiger partial charge in [0, 0.05) is 37.3 Å². The fourth-order valence-corrected chi connectivity index (χ4v) is 3.97. The van der Waals surface area contributed by atoms with Gasteiger partial charge < -0.3 is 5.73 Å². The highest BCUT2D eigenvalue weighted by molar-refractivity contribution is 5.03. The Morgan fingerprint density at radius 2 is 1.94 bits per heavy atom. The van der Waals surface area contributed by atoms with Crippen molar-refractivity contribution in [2.24, 2.45) is 5.73 Å². The van der Waals surface area contributed by atoms with Gasteiger partial charge in [0.2, 0.25) is 0 Å². The molecule has 3 rings (SSSR count). The third-order valence-electron chi connectivity index (χ3n) is 5.48. The first-order valence-electron chi connectivity index (χ1n) is 6.92. The fraction of sp³-hybridized carbons (Fsp3) is 1.00. The SMILES string of the molecule is CN1C2CCC1CN(C1(CN)CCC1)CC2. The molecule has 0 aromatic rings. The highest BCUT2D eigenvalue weighted by atomic mass is 15.3. The predicted molar refractivity (Wildman–Crippen MR) is 66.4 cm³/mol. The van der Waals surface area contributed by atoms with Crippen molar-refractivity contribution in [1.29, 1.82) is 0 Å². The standard InChI is InChI=1S/C13H25N3/c1-15-11-3-4-12(15)9-16(8-5-11)13(10-14)6-2-7-13/h11-12H,2-10,14H2,1H3. The molecule has 2 heterocycles. The van der Waals surface area contributed by atoms with Crippen LogP contribution in [0.2, 0.25) is 0 Å². The Kier molecular flexibility index (Phi) is 2.73. The summed E-state index contributed by atoms with van der Waals surface area (Å²) in [6.07, 6.45) is 8.24. The summed E-state index contributed by atoms with van der Waals surface area (Å²) in [5.74, 6) is 0. The summed E-state index contributed by atoms with van der Waals surface area (Å²) in [6, 6.07) is 1.65. The lowest BCUT2D eigenvalue weighted by Gasteiger charge is -2.50. The summed E-state index contributed by atoms with van der Waals surface area (Å²) in [7, 11) is 2.32. The highest BCUT2D eigenvalue weighted by Gasteiger charge is 2.45. The van der Waals surface area contributed by atoms with E-state index in [1.807, 2.05) is 0 Å². The van der Waals surface area contributed by atoms with Crippen molar-refractivity contribution in [3.63, 3.8) is 0 Å². The van der Waals surface area contributed by atoms with E-state index in [0.29, 0.717) is 5.54 Å². The van der Waals surface area contributed by atoms with E-state index in [9.17, 15) is 0 Å². The number of hydrogen-bond donors (Lipinski definition) is 1. The Morgan fingerprint density at radius 3 is 2.56 bits per heavy atom. The summed E-state index contributed by atoms with van der Waals surface area (Å²) in [5, 5.41) is 0. The van der Waals surface area contributed by atoms with Crippen molar-refractivity contribution in [3.05, 3.63) is 0 Å². The second-order valence-electron chi connectivity index (χ2n) is 6.07. The van der Waals surface area contributed by atoms with Gasteiger partial charge in [-0.05, 0) is 45.6 Å². The molecule has 0 radical (unpaired) electrons. The third-order valence-corrected chi connectivity index (χ3v) is 5.48. The average Bonchev–Trinajstić information content (AvgIpc) is 2.44. The minimum absolute atomic E-state index is 0.394. The van der Waals surface area contributed by atoms with Gasteiger partial charge in [-0.15, -0.1) is 0 Å². The molecular formula is C13H25N3. The highest BCUT2D eigenvalue weighted by Crippen LogP contribution is 2.40. The summed E-state index contributed by atoms with van der Waals surface area (Å²) < 4.78 is 0. The molecule has 2 atom stereocenters. The number of hydrogen-bond acceptors (Lipinski definition) is 3. The van der Waals surface area contributed by atoms with Gasteiger partial charge in [-0.3, -0.25) is 9.80 Å². The van der Waals surface area contributed by atoms with E-state index in [4.69, 9.17) is 5.73 Å². The van der Waals surface area contributed by atoms with Gasteiger partial charge in [-0.25, -0.2) is 0 Å². The molecule has 0 aromatic carbocycles. The molecule has 0 spiro atoms. The molecule has 0 aromatic heterocycles. The molecule has 0 amide bonds. The van der Waals surface area contributed by atoms with Crippen LogP contribution in [0.1, 0.15) is 38.5 Å². The zero-order valence-corrected chi connectivity index (χ0v) is 10.5. The van der Waals surface area contributed by atoms with Gasteiger partial charge in [0.1, 0.15) is 0 Å². The van der Waals surface area contributed by atoms with Crippen LogP contribution in [-0.4, -0.2) is 54.1 Å². The van der Waals surface area contributed by atoms with E-state index in [2.05, 4.69) is 16.8 Å². The van der Waals surface area contributed by atoms with Crippen LogP contribution in [0.15, 0.2) is 0 Å². The Morgan fingerprint density at radius 1 is 1.19 bits per heavy atom. The molecule has 2 unspecified atom stereocenters. The predicted octanol–water partition coefficient (Wildman–Crippen LogP) is 1.04. The van der Waals surface area contributed by atoms with Crippen LogP contribution in [0.25, 0.3) is 0 Å². The molecule has 3 aliphatic rings. The summed E-state index contributed by atoms with van der Waals surface area (Å²) in [5.41, 5.74) is 6.42.